The van der Waals surface area contributed by atoms with Crippen molar-refractivity contribution >= 4 is 11.8 Å². The molecule has 0 radical (unpaired) electrons. The van der Waals surface area contributed by atoms with E-state index in [1.165, 1.54) is 0 Å². The SMILES string of the molecule is CC(C)Sc1ccccc1C(F)CN. The Morgan fingerprint density at radius 1 is 1.36 bits per heavy atom. The monoisotopic (exact) mass is 213 g/mol. The first-order chi connectivity index (χ1) is 6.65. The number of thioether (sulfide) groups is 1. The third kappa shape index (κ3) is 3.00. The predicted molar refractivity (Wildman–Crippen MR) is 60.3 cm³/mol. The fraction of sp³-hybridized carbons (Fsp3) is 0.455. The van der Waals surface area contributed by atoms with Crippen LogP contribution in [-0.2, 0) is 0 Å². The highest BCUT2D eigenvalue weighted by Gasteiger charge is 2.12. The molecule has 0 spiro atoms. The maximum Gasteiger partial charge on any atom is 0.138 e. The Bertz CT molecular complexity index is 288. The van der Waals surface area contributed by atoms with Crippen LogP contribution in [-0.4, -0.2) is 11.8 Å². The van der Waals surface area contributed by atoms with Crippen LogP contribution in [0.4, 0.5) is 4.39 Å². The summed E-state index contributed by atoms with van der Waals surface area (Å²) in [4.78, 5) is 1.00. The summed E-state index contributed by atoms with van der Waals surface area (Å²) in [5.41, 5.74) is 6.04. The average molecular weight is 213 g/mol. The molecule has 0 aliphatic carbocycles. The topological polar surface area (TPSA) is 26.0 Å². The Morgan fingerprint density at radius 2 is 2.00 bits per heavy atom. The van der Waals surface area contributed by atoms with Gasteiger partial charge >= 0.3 is 0 Å². The molecule has 2 N–H and O–H groups in total. The molecule has 0 bridgehead atoms. The Balaban J connectivity index is 2.91. The van der Waals surface area contributed by atoms with E-state index in [0.29, 0.717) is 10.8 Å². The van der Waals surface area contributed by atoms with Crippen molar-refractivity contribution < 1.29 is 4.39 Å². The molecule has 1 rings (SSSR count). The number of nitrogens with two attached hydrogens (primary N) is 1. The molecule has 0 fully saturated rings. The smallest absolute Gasteiger partial charge is 0.138 e. The van der Waals surface area contributed by atoms with E-state index in [-0.39, 0.29) is 6.54 Å². The summed E-state index contributed by atoms with van der Waals surface area (Å²) in [6, 6.07) is 7.53. The van der Waals surface area contributed by atoms with Crippen LogP contribution in [0.25, 0.3) is 0 Å². The van der Waals surface area contributed by atoms with Gasteiger partial charge in [0.25, 0.3) is 0 Å². The van der Waals surface area contributed by atoms with Crippen LogP contribution in [0.1, 0.15) is 25.6 Å². The van der Waals surface area contributed by atoms with E-state index in [1.54, 1.807) is 11.8 Å². The largest absolute Gasteiger partial charge is 0.327 e. The number of benzene rings is 1. The second kappa shape index (κ2) is 5.37. The van der Waals surface area contributed by atoms with Gasteiger partial charge in [-0.15, -0.1) is 11.8 Å². The van der Waals surface area contributed by atoms with E-state index >= 15 is 0 Å². The van der Waals surface area contributed by atoms with Gasteiger partial charge in [-0.3, -0.25) is 0 Å². The van der Waals surface area contributed by atoms with Crippen molar-refractivity contribution in [2.24, 2.45) is 5.73 Å². The van der Waals surface area contributed by atoms with Crippen molar-refractivity contribution in [2.75, 3.05) is 6.54 Å². The van der Waals surface area contributed by atoms with Crippen LogP contribution in [0.3, 0.4) is 0 Å². The minimum atomic E-state index is -1.04. The normalized spacial score (nSPS) is 13.2. The molecule has 1 unspecified atom stereocenters. The van der Waals surface area contributed by atoms with E-state index in [4.69, 9.17) is 5.73 Å². The zero-order valence-corrected chi connectivity index (χ0v) is 9.35. The highest BCUT2D eigenvalue weighted by atomic mass is 32.2. The third-order valence-corrected chi connectivity index (χ3v) is 2.92. The number of alkyl halides is 1. The van der Waals surface area contributed by atoms with Gasteiger partial charge in [0.15, 0.2) is 0 Å². The van der Waals surface area contributed by atoms with Gasteiger partial charge in [0, 0.05) is 22.3 Å². The zero-order chi connectivity index (χ0) is 10.6. The molecule has 0 aliphatic heterocycles. The van der Waals surface area contributed by atoms with Gasteiger partial charge in [-0.05, 0) is 6.07 Å². The number of rotatable bonds is 4. The number of hydrogen-bond donors (Lipinski definition) is 1. The van der Waals surface area contributed by atoms with E-state index < -0.39 is 6.17 Å². The minimum absolute atomic E-state index is 0.0513. The van der Waals surface area contributed by atoms with Crippen molar-refractivity contribution in [1.29, 1.82) is 0 Å². The summed E-state index contributed by atoms with van der Waals surface area (Å²) in [5, 5.41) is 0.459. The number of halogens is 1. The van der Waals surface area contributed by atoms with Crippen LogP contribution in [0.2, 0.25) is 0 Å². The molecule has 1 aromatic carbocycles. The summed E-state index contributed by atoms with van der Waals surface area (Å²) in [5.74, 6) is 0. The summed E-state index contributed by atoms with van der Waals surface area (Å²) in [6.07, 6.45) is -1.04. The molecular formula is C11H16FNS. The fourth-order valence-corrected chi connectivity index (χ4v) is 2.22. The molecule has 0 amide bonds. The Morgan fingerprint density at radius 3 is 2.57 bits per heavy atom. The van der Waals surface area contributed by atoms with Crippen molar-refractivity contribution in [3.05, 3.63) is 29.8 Å². The highest BCUT2D eigenvalue weighted by molar-refractivity contribution is 8.00. The molecule has 3 heteroatoms. The van der Waals surface area contributed by atoms with Crippen LogP contribution in [0.15, 0.2) is 29.2 Å². The first kappa shape index (κ1) is 11.5. The van der Waals surface area contributed by atoms with Crippen molar-refractivity contribution in [3.8, 4) is 0 Å². The molecular weight excluding hydrogens is 197 g/mol. The second-order valence-electron chi connectivity index (χ2n) is 3.41. The van der Waals surface area contributed by atoms with Gasteiger partial charge in [0.1, 0.15) is 6.17 Å². The minimum Gasteiger partial charge on any atom is -0.327 e. The van der Waals surface area contributed by atoms with Gasteiger partial charge in [-0.1, -0.05) is 32.0 Å². The second-order valence-corrected chi connectivity index (χ2v) is 5.03. The van der Waals surface area contributed by atoms with Crippen LogP contribution < -0.4 is 5.73 Å². The standard InChI is InChI=1S/C11H16FNS/c1-8(2)14-11-6-4-3-5-9(11)10(12)7-13/h3-6,8,10H,7,13H2,1-2H3. The van der Waals surface area contributed by atoms with Crippen molar-refractivity contribution in [1.82, 2.24) is 0 Å². The molecule has 0 heterocycles. The van der Waals surface area contributed by atoms with E-state index in [0.717, 1.165) is 4.90 Å². The molecule has 0 aromatic heterocycles. The van der Waals surface area contributed by atoms with Crippen molar-refractivity contribution in [2.45, 2.75) is 30.2 Å². The van der Waals surface area contributed by atoms with Crippen LogP contribution >= 0.6 is 11.8 Å². The predicted octanol–water partition coefficient (Wildman–Crippen LogP) is 3.16. The fourth-order valence-electron chi connectivity index (χ4n) is 1.23. The van der Waals surface area contributed by atoms with E-state index in [1.807, 2.05) is 24.3 Å². The summed E-state index contributed by atoms with van der Waals surface area (Å²) < 4.78 is 13.4. The third-order valence-electron chi connectivity index (χ3n) is 1.83. The maximum atomic E-state index is 13.4. The number of hydrogen-bond acceptors (Lipinski definition) is 2. The molecule has 1 nitrogen and oxygen atoms in total. The van der Waals surface area contributed by atoms with Gasteiger partial charge in [0.2, 0.25) is 0 Å². The first-order valence-electron chi connectivity index (χ1n) is 4.75. The first-order valence-corrected chi connectivity index (χ1v) is 5.62. The summed E-state index contributed by atoms with van der Waals surface area (Å²) in [6.45, 7) is 4.24. The molecule has 0 saturated heterocycles. The van der Waals surface area contributed by atoms with Crippen molar-refractivity contribution in [3.63, 3.8) is 0 Å². The lowest BCUT2D eigenvalue weighted by molar-refractivity contribution is 0.348. The quantitative estimate of drug-likeness (QED) is 0.777. The Hall–Kier alpha value is -0.540. The Labute approximate surface area is 88.9 Å². The van der Waals surface area contributed by atoms with E-state index in [2.05, 4.69) is 13.8 Å². The average Bonchev–Trinajstić information content (AvgIpc) is 2.16. The summed E-state index contributed by atoms with van der Waals surface area (Å²) in [7, 11) is 0. The molecule has 1 atom stereocenters. The highest BCUT2D eigenvalue weighted by Crippen LogP contribution is 2.31. The van der Waals surface area contributed by atoms with Crippen LogP contribution in [0, 0.1) is 0 Å². The van der Waals surface area contributed by atoms with Gasteiger partial charge < -0.3 is 5.73 Å². The van der Waals surface area contributed by atoms with Crippen LogP contribution in [0.5, 0.6) is 0 Å². The zero-order valence-electron chi connectivity index (χ0n) is 8.53. The molecule has 14 heavy (non-hydrogen) atoms. The Kier molecular flexibility index (Phi) is 4.42. The molecule has 0 saturated carbocycles. The lowest BCUT2D eigenvalue weighted by Gasteiger charge is -2.13. The maximum absolute atomic E-state index is 13.4. The van der Waals surface area contributed by atoms with Gasteiger partial charge in [-0.2, -0.15) is 0 Å². The molecule has 0 aliphatic rings. The lowest BCUT2D eigenvalue weighted by atomic mass is 10.1. The molecule has 78 valence electrons. The lowest BCUT2D eigenvalue weighted by Crippen LogP contribution is -2.08. The molecule has 1 aromatic rings. The summed E-state index contributed by atoms with van der Waals surface area (Å²) >= 11 is 1.67. The van der Waals surface area contributed by atoms with Gasteiger partial charge in [0.05, 0.1) is 0 Å². The van der Waals surface area contributed by atoms with E-state index in [9.17, 15) is 4.39 Å². The van der Waals surface area contributed by atoms with Gasteiger partial charge in [-0.25, -0.2) is 4.39 Å².